The highest BCUT2D eigenvalue weighted by Crippen LogP contribution is 2.40. The molecule has 12 nitrogen and oxygen atoms in total. The molecule has 0 unspecified atom stereocenters. The topological polar surface area (TPSA) is 179 Å². The number of carbonyl (C=O) groups excluding carboxylic acids is 3. The van der Waals surface area contributed by atoms with E-state index in [0.717, 1.165) is 12.8 Å². The lowest BCUT2D eigenvalue weighted by Gasteiger charge is -2.32. The number of benzene rings is 2. The van der Waals surface area contributed by atoms with Crippen molar-refractivity contribution in [3.05, 3.63) is 58.6 Å². The monoisotopic (exact) mass is 555 g/mol. The van der Waals surface area contributed by atoms with E-state index in [0.29, 0.717) is 29.5 Å². The molecule has 1 saturated heterocycles. The molecule has 0 bridgehead atoms. The molecule has 2 atom stereocenters. The number of methoxy groups -OCH3 is 2. The van der Waals surface area contributed by atoms with Crippen LogP contribution in [0.4, 0.5) is 11.4 Å². The van der Waals surface area contributed by atoms with Crippen LogP contribution in [-0.4, -0.2) is 60.7 Å². The molecule has 13 heteroatoms. The lowest BCUT2D eigenvalue weighted by molar-refractivity contribution is -0.123. The predicted molar refractivity (Wildman–Crippen MR) is 144 cm³/mol. The maximum absolute atomic E-state index is 14.2. The zero-order valence-corrected chi connectivity index (χ0v) is 22.2. The molecule has 4 rings (SSSR count). The van der Waals surface area contributed by atoms with Gasteiger partial charge < -0.3 is 36.1 Å². The number of amides is 3. The molecule has 6 N–H and O–H groups in total. The highest BCUT2D eigenvalue weighted by molar-refractivity contribution is 7.09. The van der Waals surface area contributed by atoms with Crippen molar-refractivity contribution in [1.29, 1.82) is 0 Å². The van der Waals surface area contributed by atoms with Gasteiger partial charge in [0.05, 0.1) is 31.7 Å². The molecule has 0 aliphatic carbocycles. The molecule has 2 heterocycles. The summed E-state index contributed by atoms with van der Waals surface area (Å²) in [6, 6.07) is 9.40. The Hall–Kier alpha value is -4.36. The molecule has 3 amide bonds. The normalized spacial score (nSPS) is 15.4. The van der Waals surface area contributed by atoms with Crippen LogP contribution in [0.1, 0.15) is 44.6 Å². The van der Waals surface area contributed by atoms with Gasteiger partial charge in [0.15, 0.2) is 5.69 Å². The molecule has 0 saturated carbocycles. The Balaban J connectivity index is 1.87. The number of rotatable bonds is 10. The number of anilines is 2. The van der Waals surface area contributed by atoms with Gasteiger partial charge in [0, 0.05) is 19.2 Å². The van der Waals surface area contributed by atoms with E-state index in [1.165, 1.54) is 43.4 Å². The highest BCUT2D eigenvalue weighted by Gasteiger charge is 2.38. The summed E-state index contributed by atoms with van der Waals surface area (Å²) in [6.07, 6.45) is 1.54. The molecule has 39 heavy (non-hydrogen) atoms. The van der Waals surface area contributed by atoms with E-state index in [-0.39, 0.29) is 46.1 Å². The fourth-order valence-electron chi connectivity index (χ4n) is 4.28. The van der Waals surface area contributed by atoms with Gasteiger partial charge in [0.25, 0.3) is 11.8 Å². The Morgan fingerprint density at radius 1 is 1.21 bits per heavy atom. The second kappa shape index (κ2) is 12.0. The van der Waals surface area contributed by atoms with Crippen LogP contribution in [0, 0.1) is 0 Å². The van der Waals surface area contributed by atoms with Gasteiger partial charge in [-0.05, 0) is 54.2 Å². The van der Waals surface area contributed by atoms with Crippen LogP contribution in [0.2, 0.25) is 0 Å². The number of hydrogen-bond donors (Lipinski definition) is 4. The summed E-state index contributed by atoms with van der Waals surface area (Å²) in [5.74, 6) is -1.44. The molecule has 2 aromatic carbocycles. The first-order valence-corrected chi connectivity index (χ1v) is 12.8. The maximum atomic E-state index is 14.2. The van der Waals surface area contributed by atoms with Crippen molar-refractivity contribution in [2.75, 3.05) is 38.0 Å². The predicted octanol–water partition coefficient (Wildman–Crippen LogP) is 2.23. The number of phenols is 1. The lowest BCUT2D eigenvalue weighted by atomic mass is 10.0. The summed E-state index contributed by atoms with van der Waals surface area (Å²) >= 11 is 0.693. The number of aromatic hydroxyl groups is 1. The summed E-state index contributed by atoms with van der Waals surface area (Å²) in [5.41, 5.74) is 11.7. The third-order valence-corrected chi connectivity index (χ3v) is 7.12. The van der Waals surface area contributed by atoms with Crippen molar-refractivity contribution in [2.24, 2.45) is 5.73 Å². The van der Waals surface area contributed by atoms with Crippen LogP contribution in [0.3, 0.4) is 0 Å². The molecule has 1 fully saturated rings. The summed E-state index contributed by atoms with van der Waals surface area (Å²) in [7, 11) is 2.90. The number of aromatic nitrogens is 1. The van der Waals surface area contributed by atoms with Gasteiger partial charge in [-0.1, -0.05) is 12.1 Å². The van der Waals surface area contributed by atoms with Crippen molar-refractivity contribution in [2.45, 2.75) is 25.0 Å². The number of primary amides is 1. The van der Waals surface area contributed by atoms with E-state index in [9.17, 15) is 19.5 Å². The molecule has 0 spiro atoms. The Labute approximate surface area is 228 Å². The lowest BCUT2D eigenvalue weighted by Crippen LogP contribution is -2.45. The number of nitrogens with one attached hydrogen (secondary N) is 1. The SMILES string of the molecule is COc1ccc(N(C(=O)c2snc(C(N)=O)c2N)[C@H](C(=O)NC[C@@H]2CCCO2)c2ccc(O)cc2)c(OC)c1. The minimum Gasteiger partial charge on any atom is -0.508 e. The van der Waals surface area contributed by atoms with Gasteiger partial charge in [0.2, 0.25) is 5.91 Å². The number of carbonyl (C=O) groups is 3. The number of phenolic OH excluding ortho intramolecular Hbond substituents is 1. The van der Waals surface area contributed by atoms with Crippen LogP contribution in [0.15, 0.2) is 42.5 Å². The van der Waals surface area contributed by atoms with E-state index < -0.39 is 23.8 Å². The van der Waals surface area contributed by atoms with E-state index in [1.54, 1.807) is 18.2 Å². The van der Waals surface area contributed by atoms with E-state index in [1.807, 2.05) is 0 Å². The molecule has 206 valence electrons. The minimum atomic E-state index is -1.25. The molecular formula is C26H29N5O7S. The van der Waals surface area contributed by atoms with Crippen LogP contribution >= 0.6 is 11.5 Å². The standard InChI is InChI=1S/C26H29N5O7S/c1-36-16-9-10-18(19(12-16)37-2)31(26(35)23-20(27)21(24(28)33)30-39-23)22(14-5-7-15(32)8-6-14)25(34)29-13-17-4-3-11-38-17/h5-10,12,17,22,32H,3-4,11,13,27H2,1-2H3,(H2,28,33)(H,29,34)/t17-,22-/m0/s1. The van der Waals surface area contributed by atoms with Crippen LogP contribution < -0.4 is 31.2 Å². The first-order chi connectivity index (χ1) is 18.7. The van der Waals surface area contributed by atoms with Crippen molar-refractivity contribution >= 4 is 40.6 Å². The summed E-state index contributed by atoms with van der Waals surface area (Å²) in [5, 5.41) is 12.8. The van der Waals surface area contributed by atoms with E-state index >= 15 is 0 Å². The number of nitrogens with zero attached hydrogens (tertiary/aromatic N) is 2. The van der Waals surface area contributed by atoms with Gasteiger partial charge in [-0.25, -0.2) is 0 Å². The number of nitrogens with two attached hydrogens (primary N) is 2. The second-order valence-corrected chi connectivity index (χ2v) is 9.50. The number of ether oxygens (including phenoxy) is 3. The molecular weight excluding hydrogens is 526 g/mol. The van der Waals surface area contributed by atoms with Crippen molar-refractivity contribution in [1.82, 2.24) is 9.69 Å². The molecule has 1 aromatic heterocycles. The zero-order chi connectivity index (χ0) is 28.1. The first-order valence-electron chi connectivity index (χ1n) is 12.0. The second-order valence-electron chi connectivity index (χ2n) is 8.73. The van der Waals surface area contributed by atoms with Crippen LogP contribution in [0.25, 0.3) is 0 Å². The molecule has 1 aliphatic rings. The van der Waals surface area contributed by atoms with Gasteiger partial charge in [-0.15, -0.1) is 0 Å². The number of hydrogen-bond acceptors (Lipinski definition) is 10. The molecule has 0 radical (unpaired) electrons. The first kappa shape index (κ1) is 27.7. The van der Waals surface area contributed by atoms with Crippen LogP contribution in [-0.2, 0) is 9.53 Å². The largest absolute Gasteiger partial charge is 0.508 e. The smallest absolute Gasteiger partial charge is 0.273 e. The minimum absolute atomic E-state index is 0.0185. The third kappa shape index (κ3) is 5.89. The van der Waals surface area contributed by atoms with Crippen molar-refractivity contribution < 1.29 is 33.7 Å². The average Bonchev–Trinajstić information content (AvgIpc) is 3.60. The Morgan fingerprint density at radius 2 is 1.95 bits per heavy atom. The van der Waals surface area contributed by atoms with Gasteiger partial charge in [-0.3, -0.25) is 19.3 Å². The van der Waals surface area contributed by atoms with E-state index in [2.05, 4.69) is 9.69 Å². The average molecular weight is 556 g/mol. The van der Waals surface area contributed by atoms with Crippen molar-refractivity contribution in [3.63, 3.8) is 0 Å². The van der Waals surface area contributed by atoms with Gasteiger partial charge in [0.1, 0.15) is 28.2 Å². The molecule has 1 aliphatic heterocycles. The zero-order valence-electron chi connectivity index (χ0n) is 21.4. The summed E-state index contributed by atoms with van der Waals surface area (Å²) in [4.78, 5) is 41.0. The van der Waals surface area contributed by atoms with E-state index in [4.69, 9.17) is 25.7 Å². The Morgan fingerprint density at radius 3 is 2.54 bits per heavy atom. The summed E-state index contributed by atoms with van der Waals surface area (Å²) in [6.45, 7) is 0.853. The highest BCUT2D eigenvalue weighted by atomic mass is 32.1. The quantitative estimate of drug-likeness (QED) is 0.292. The van der Waals surface area contributed by atoms with Crippen molar-refractivity contribution in [3.8, 4) is 17.2 Å². The fraction of sp³-hybridized carbons (Fsp3) is 0.308. The maximum Gasteiger partial charge on any atom is 0.273 e. The Kier molecular flexibility index (Phi) is 8.52. The van der Waals surface area contributed by atoms with Crippen LogP contribution in [0.5, 0.6) is 17.2 Å². The van der Waals surface area contributed by atoms with Gasteiger partial charge in [-0.2, -0.15) is 4.37 Å². The number of nitrogen functional groups attached to an aromatic ring is 1. The fourth-order valence-corrected chi connectivity index (χ4v) is 5.02. The van der Waals surface area contributed by atoms with Gasteiger partial charge >= 0.3 is 0 Å². The summed E-state index contributed by atoms with van der Waals surface area (Å²) < 4.78 is 20.5. The third-order valence-electron chi connectivity index (χ3n) is 6.26. The Bertz CT molecular complexity index is 1360. The molecule has 3 aromatic rings.